The molecule has 0 amide bonds. The SMILES string of the molecule is CCCCN(c1cc(F)cc(CCN)c1)C1CC1. The first-order valence-corrected chi connectivity index (χ1v) is 7.00. The van der Waals surface area contributed by atoms with E-state index >= 15 is 0 Å². The topological polar surface area (TPSA) is 29.3 Å². The van der Waals surface area contributed by atoms with Crippen LogP contribution >= 0.6 is 0 Å². The summed E-state index contributed by atoms with van der Waals surface area (Å²) in [5, 5.41) is 0. The first kappa shape index (κ1) is 13.3. The van der Waals surface area contributed by atoms with Crippen molar-refractivity contribution in [1.29, 1.82) is 0 Å². The summed E-state index contributed by atoms with van der Waals surface area (Å²) in [4.78, 5) is 2.37. The summed E-state index contributed by atoms with van der Waals surface area (Å²) >= 11 is 0. The molecule has 1 aliphatic carbocycles. The average molecular weight is 250 g/mol. The molecule has 1 aromatic rings. The molecule has 2 rings (SSSR count). The number of nitrogens with two attached hydrogens (primary N) is 1. The lowest BCUT2D eigenvalue weighted by Gasteiger charge is -2.25. The van der Waals surface area contributed by atoms with Crippen molar-refractivity contribution in [2.45, 2.75) is 45.1 Å². The maximum absolute atomic E-state index is 13.6. The van der Waals surface area contributed by atoms with Gasteiger partial charge >= 0.3 is 0 Å². The van der Waals surface area contributed by atoms with E-state index in [9.17, 15) is 4.39 Å². The van der Waals surface area contributed by atoms with Crippen LogP contribution in [-0.2, 0) is 6.42 Å². The number of rotatable bonds is 7. The lowest BCUT2D eigenvalue weighted by atomic mass is 10.1. The van der Waals surface area contributed by atoms with Crippen LogP contribution in [-0.4, -0.2) is 19.1 Å². The number of hydrogen-bond acceptors (Lipinski definition) is 2. The average Bonchev–Trinajstić information content (AvgIpc) is 3.14. The maximum Gasteiger partial charge on any atom is 0.125 e. The van der Waals surface area contributed by atoms with Gasteiger partial charge in [0.1, 0.15) is 5.82 Å². The van der Waals surface area contributed by atoms with Crippen LogP contribution in [0.1, 0.15) is 38.2 Å². The van der Waals surface area contributed by atoms with Gasteiger partial charge in [-0.25, -0.2) is 4.39 Å². The highest BCUT2D eigenvalue weighted by molar-refractivity contribution is 5.51. The van der Waals surface area contributed by atoms with E-state index < -0.39 is 0 Å². The predicted molar refractivity (Wildman–Crippen MR) is 74.4 cm³/mol. The van der Waals surface area contributed by atoms with Crippen LogP contribution in [0, 0.1) is 5.82 Å². The van der Waals surface area contributed by atoms with Crippen molar-refractivity contribution < 1.29 is 4.39 Å². The molecule has 1 aliphatic rings. The van der Waals surface area contributed by atoms with Crippen LogP contribution in [0.2, 0.25) is 0 Å². The normalized spacial score (nSPS) is 14.8. The number of halogens is 1. The zero-order valence-corrected chi connectivity index (χ0v) is 11.2. The fourth-order valence-electron chi connectivity index (χ4n) is 2.35. The lowest BCUT2D eigenvalue weighted by molar-refractivity contribution is 0.622. The molecule has 18 heavy (non-hydrogen) atoms. The summed E-state index contributed by atoms with van der Waals surface area (Å²) in [5.41, 5.74) is 7.60. The molecule has 0 unspecified atom stereocenters. The van der Waals surface area contributed by atoms with E-state index in [1.165, 1.54) is 25.7 Å². The van der Waals surface area contributed by atoms with E-state index in [2.05, 4.69) is 17.9 Å². The Labute approximate surface area is 109 Å². The first-order valence-electron chi connectivity index (χ1n) is 7.00. The molecular weight excluding hydrogens is 227 g/mol. The molecule has 0 heterocycles. The summed E-state index contributed by atoms with van der Waals surface area (Å²) in [6.07, 6.45) is 5.57. The molecule has 0 radical (unpaired) electrons. The largest absolute Gasteiger partial charge is 0.368 e. The second kappa shape index (κ2) is 6.19. The zero-order chi connectivity index (χ0) is 13.0. The number of unbranched alkanes of at least 4 members (excludes halogenated alkanes) is 1. The van der Waals surface area contributed by atoms with Gasteiger partial charge in [-0.3, -0.25) is 0 Å². The highest BCUT2D eigenvalue weighted by Gasteiger charge is 2.29. The summed E-state index contributed by atoms with van der Waals surface area (Å²) in [6, 6.07) is 5.99. The van der Waals surface area contributed by atoms with E-state index in [0.717, 1.165) is 24.2 Å². The van der Waals surface area contributed by atoms with Crippen LogP contribution in [0.5, 0.6) is 0 Å². The molecule has 1 aromatic carbocycles. The summed E-state index contributed by atoms with van der Waals surface area (Å²) < 4.78 is 13.6. The molecule has 0 bridgehead atoms. The lowest BCUT2D eigenvalue weighted by Crippen LogP contribution is -2.27. The number of hydrogen-bond donors (Lipinski definition) is 1. The second-order valence-corrected chi connectivity index (χ2v) is 5.13. The van der Waals surface area contributed by atoms with Crippen molar-refractivity contribution in [2.75, 3.05) is 18.0 Å². The molecule has 1 fully saturated rings. The minimum Gasteiger partial charge on any atom is -0.368 e. The third kappa shape index (κ3) is 3.45. The molecule has 0 aliphatic heterocycles. The smallest absolute Gasteiger partial charge is 0.125 e. The monoisotopic (exact) mass is 250 g/mol. The van der Waals surface area contributed by atoms with Crippen LogP contribution in [0.25, 0.3) is 0 Å². The number of anilines is 1. The molecule has 2 N–H and O–H groups in total. The molecule has 100 valence electrons. The van der Waals surface area contributed by atoms with Gasteiger partial charge in [-0.15, -0.1) is 0 Å². The van der Waals surface area contributed by atoms with Crippen LogP contribution in [0.15, 0.2) is 18.2 Å². The first-order chi connectivity index (χ1) is 8.74. The van der Waals surface area contributed by atoms with Gasteiger partial charge in [0.25, 0.3) is 0 Å². The summed E-state index contributed by atoms with van der Waals surface area (Å²) in [5.74, 6) is -0.141. The van der Waals surface area contributed by atoms with Gasteiger partial charge in [-0.1, -0.05) is 13.3 Å². The van der Waals surface area contributed by atoms with E-state index in [1.54, 1.807) is 12.1 Å². The molecular formula is C15H23FN2. The van der Waals surface area contributed by atoms with Gasteiger partial charge in [0.15, 0.2) is 0 Å². The Bertz CT molecular complexity index is 388. The van der Waals surface area contributed by atoms with Gasteiger partial charge in [0.2, 0.25) is 0 Å². The van der Waals surface area contributed by atoms with E-state index in [4.69, 9.17) is 5.73 Å². The van der Waals surface area contributed by atoms with Gasteiger partial charge in [0.05, 0.1) is 0 Å². The third-order valence-corrected chi connectivity index (χ3v) is 3.45. The fourth-order valence-corrected chi connectivity index (χ4v) is 2.35. The van der Waals surface area contributed by atoms with Crippen molar-refractivity contribution in [3.05, 3.63) is 29.6 Å². The van der Waals surface area contributed by atoms with Crippen molar-refractivity contribution in [3.8, 4) is 0 Å². The molecule has 0 atom stereocenters. The van der Waals surface area contributed by atoms with Crippen LogP contribution < -0.4 is 10.6 Å². The zero-order valence-electron chi connectivity index (χ0n) is 11.2. The van der Waals surface area contributed by atoms with Gasteiger partial charge in [-0.2, -0.15) is 0 Å². The quantitative estimate of drug-likeness (QED) is 0.805. The third-order valence-electron chi connectivity index (χ3n) is 3.45. The maximum atomic E-state index is 13.6. The minimum absolute atomic E-state index is 0.141. The Kier molecular flexibility index (Phi) is 4.59. The molecule has 0 spiro atoms. The molecule has 1 saturated carbocycles. The van der Waals surface area contributed by atoms with Crippen molar-refractivity contribution >= 4 is 5.69 Å². The Morgan fingerprint density at radius 3 is 2.72 bits per heavy atom. The fraction of sp³-hybridized carbons (Fsp3) is 0.600. The van der Waals surface area contributed by atoms with Crippen molar-refractivity contribution in [3.63, 3.8) is 0 Å². The van der Waals surface area contributed by atoms with E-state index in [0.29, 0.717) is 12.6 Å². The predicted octanol–water partition coefficient (Wildman–Crippen LogP) is 3.10. The van der Waals surface area contributed by atoms with Crippen molar-refractivity contribution in [1.82, 2.24) is 0 Å². The highest BCUT2D eigenvalue weighted by atomic mass is 19.1. The molecule has 0 aromatic heterocycles. The molecule has 2 nitrogen and oxygen atoms in total. The van der Waals surface area contributed by atoms with Gasteiger partial charge < -0.3 is 10.6 Å². The summed E-state index contributed by atoms with van der Waals surface area (Å²) in [6.45, 7) is 3.80. The Hall–Kier alpha value is -1.09. The highest BCUT2D eigenvalue weighted by Crippen LogP contribution is 2.32. The molecule has 3 heteroatoms. The Morgan fingerprint density at radius 2 is 2.11 bits per heavy atom. The van der Waals surface area contributed by atoms with E-state index in [1.807, 2.05) is 0 Å². The van der Waals surface area contributed by atoms with Gasteiger partial charge in [-0.05, 0) is 56.0 Å². The Morgan fingerprint density at radius 1 is 1.33 bits per heavy atom. The summed E-state index contributed by atoms with van der Waals surface area (Å²) in [7, 11) is 0. The van der Waals surface area contributed by atoms with Crippen LogP contribution in [0.3, 0.4) is 0 Å². The number of nitrogens with zero attached hydrogens (tertiary/aromatic N) is 1. The van der Waals surface area contributed by atoms with Gasteiger partial charge in [0, 0.05) is 18.3 Å². The Balaban J connectivity index is 2.17. The van der Waals surface area contributed by atoms with Crippen LogP contribution in [0.4, 0.5) is 10.1 Å². The molecule has 0 saturated heterocycles. The van der Waals surface area contributed by atoms with E-state index in [-0.39, 0.29) is 5.82 Å². The number of benzene rings is 1. The second-order valence-electron chi connectivity index (χ2n) is 5.13. The van der Waals surface area contributed by atoms with Crippen molar-refractivity contribution in [2.24, 2.45) is 5.73 Å². The standard InChI is InChI=1S/C15H23FN2/c1-2-3-8-18(14-4-5-14)15-10-12(6-7-17)9-13(16)11-15/h9-11,14H,2-8,17H2,1H3. The minimum atomic E-state index is -0.141.